The van der Waals surface area contributed by atoms with Crippen LogP contribution < -0.4 is 4.90 Å². The Morgan fingerprint density at radius 3 is 2.74 bits per heavy atom. The number of carboxylic acids is 1. The van der Waals surface area contributed by atoms with E-state index in [-0.39, 0.29) is 18.9 Å². The lowest BCUT2D eigenvalue weighted by molar-refractivity contribution is -0.143. The highest BCUT2D eigenvalue weighted by molar-refractivity contribution is 6.01. The quantitative estimate of drug-likeness (QED) is 0.847. The lowest BCUT2D eigenvalue weighted by Gasteiger charge is -2.25. The molecular formula is C14H17NO4. The summed E-state index contributed by atoms with van der Waals surface area (Å²) in [6.07, 6.45) is 0.444. The van der Waals surface area contributed by atoms with E-state index in [4.69, 9.17) is 5.11 Å². The van der Waals surface area contributed by atoms with E-state index in [1.165, 1.54) is 0 Å². The lowest BCUT2D eigenvalue weighted by Crippen LogP contribution is -2.33. The number of hydrogen-bond donors (Lipinski definition) is 2. The van der Waals surface area contributed by atoms with E-state index in [9.17, 15) is 14.7 Å². The summed E-state index contributed by atoms with van der Waals surface area (Å²) in [5.74, 6) is -0.967. The highest BCUT2D eigenvalue weighted by atomic mass is 16.4. The van der Waals surface area contributed by atoms with Crippen molar-refractivity contribution in [1.29, 1.82) is 0 Å². The van der Waals surface area contributed by atoms with Crippen LogP contribution in [0.1, 0.15) is 24.5 Å². The van der Waals surface area contributed by atoms with Crippen molar-refractivity contribution < 1.29 is 19.8 Å². The molecule has 0 saturated heterocycles. The zero-order valence-corrected chi connectivity index (χ0v) is 11.0. The number of anilines is 1. The van der Waals surface area contributed by atoms with E-state index in [0.717, 1.165) is 11.3 Å². The molecule has 1 aliphatic rings. The number of fused-ring (bicyclic) bond motifs is 1. The predicted molar refractivity (Wildman–Crippen MR) is 70.2 cm³/mol. The fourth-order valence-corrected chi connectivity index (χ4v) is 2.41. The van der Waals surface area contributed by atoms with Crippen molar-refractivity contribution >= 4 is 17.6 Å². The topological polar surface area (TPSA) is 77.8 Å². The normalized spacial score (nSPS) is 17.2. The van der Waals surface area contributed by atoms with Crippen LogP contribution in [0.2, 0.25) is 0 Å². The number of rotatable bonds is 4. The maximum absolute atomic E-state index is 11.6. The van der Waals surface area contributed by atoms with Gasteiger partial charge in [-0.05, 0) is 30.5 Å². The first-order valence-corrected chi connectivity index (χ1v) is 6.14. The molecule has 0 radical (unpaired) electrons. The molecule has 102 valence electrons. The number of benzene rings is 1. The van der Waals surface area contributed by atoms with Crippen LogP contribution in [-0.2, 0) is 21.4 Å². The van der Waals surface area contributed by atoms with Crippen molar-refractivity contribution in [3.05, 3.63) is 29.3 Å². The van der Waals surface area contributed by atoms with Crippen LogP contribution >= 0.6 is 0 Å². The smallest absolute Gasteiger partial charge is 0.313 e. The van der Waals surface area contributed by atoms with Crippen LogP contribution in [0.5, 0.6) is 0 Å². The van der Waals surface area contributed by atoms with Crippen LogP contribution in [0.3, 0.4) is 0 Å². The van der Waals surface area contributed by atoms with Crippen molar-refractivity contribution in [3.8, 4) is 0 Å². The summed E-state index contributed by atoms with van der Waals surface area (Å²) in [5, 5.41) is 18.4. The van der Waals surface area contributed by atoms with Crippen LogP contribution in [0.4, 0.5) is 5.69 Å². The number of amides is 1. The van der Waals surface area contributed by atoms with Gasteiger partial charge >= 0.3 is 5.97 Å². The Balaban J connectivity index is 2.45. The number of aliphatic hydroxyl groups excluding tert-OH is 1. The molecule has 0 fully saturated rings. The molecule has 2 rings (SSSR count). The molecule has 1 aliphatic heterocycles. The fraction of sp³-hybridized carbons (Fsp3) is 0.429. The molecule has 19 heavy (non-hydrogen) atoms. The van der Waals surface area contributed by atoms with Gasteiger partial charge in [-0.1, -0.05) is 12.1 Å². The number of carbonyl (C=O) groups excluding carboxylic acids is 1. The van der Waals surface area contributed by atoms with Crippen LogP contribution in [0.15, 0.2) is 18.2 Å². The molecule has 5 heteroatoms. The fourth-order valence-electron chi connectivity index (χ4n) is 2.41. The number of nitrogens with zero attached hydrogens (tertiary/aromatic N) is 1. The first kappa shape index (κ1) is 13.5. The maximum Gasteiger partial charge on any atom is 0.313 e. The molecule has 1 unspecified atom stereocenters. The highest BCUT2D eigenvalue weighted by Crippen LogP contribution is 2.34. The van der Waals surface area contributed by atoms with Crippen molar-refractivity contribution in [1.82, 2.24) is 0 Å². The van der Waals surface area contributed by atoms with Crippen molar-refractivity contribution in [2.24, 2.45) is 0 Å². The third-order valence-corrected chi connectivity index (χ3v) is 3.88. The molecule has 1 aromatic rings. The molecule has 0 spiro atoms. The number of carbonyl (C=O) groups is 2. The molecule has 2 N–H and O–H groups in total. The minimum Gasteiger partial charge on any atom is -0.481 e. The Bertz CT molecular complexity index is 540. The number of hydrogen-bond acceptors (Lipinski definition) is 3. The van der Waals surface area contributed by atoms with E-state index in [2.05, 4.69) is 0 Å². The van der Waals surface area contributed by atoms with Gasteiger partial charge in [-0.3, -0.25) is 9.59 Å². The monoisotopic (exact) mass is 263 g/mol. The highest BCUT2D eigenvalue weighted by Gasteiger charge is 2.36. The first-order valence-electron chi connectivity index (χ1n) is 6.14. The van der Waals surface area contributed by atoms with E-state index in [0.29, 0.717) is 12.0 Å². The minimum absolute atomic E-state index is 0.00587. The Labute approximate surface area is 111 Å². The van der Waals surface area contributed by atoms with Gasteiger partial charge < -0.3 is 15.1 Å². The summed E-state index contributed by atoms with van der Waals surface area (Å²) in [4.78, 5) is 24.6. The van der Waals surface area contributed by atoms with Gasteiger partial charge in [0.1, 0.15) is 0 Å². The summed E-state index contributed by atoms with van der Waals surface area (Å²) < 4.78 is 0. The molecule has 1 aromatic carbocycles. The third-order valence-electron chi connectivity index (χ3n) is 3.88. The maximum atomic E-state index is 11.6. The molecule has 0 aromatic heterocycles. The number of carboxylic acid groups (broad SMARTS) is 1. The number of likely N-dealkylation sites (N-methyl/N-ethyl adjacent to an activating group) is 1. The third kappa shape index (κ3) is 2.10. The molecule has 5 nitrogen and oxygen atoms in total. The Morgan fingerprint density at radius 1 is 1.47 bits per heavy atom. The van der Waals surface area contributed by atoms with Gasteiger partial charge in [-0.2, -0.15) is 0 Å². The zero-order chi connectivity index (χ0) is 14.2. The van der Waals surface area contributed by atoms with Gasteiger partial charge in [0, 0.05) is 19.3 Å². The van der Waals surface area contributed by atoms with Crippen molar-refractivity contribution in [2.75, 3.05) is 18.6 Å². The summed E-state index contributed by atoms with van der Waals surface area (Å²) >= 11 is 0. The van der Waals surface area contributed by atoms with Gasteiger partial charge in [-0.15, -0.1) is 0 Å². The van der Waals surface area contributed by atoms with Gasteiger partial charge in [0.25, 0.3) is 0 Å². The lowest BCUT2D eigenvalue weighted by atomic mass is 9.79. The summed E-state index contributed by atoms with van der Waals surface area (Å²) in [7, 11) is 1.71. The molecule has 1 atom stereocenters. The second-order valence-electron chi connectivity index (χ2n) is 5.08. The van der Waals surface area contributed by atoms with E-state index in [1.807, 2.05) is 0 Å². The second-order valence-corrected chi connectivity index (χ2v) is 5.08. The van der Waals surface area contributed by atoms with E-state index >= 15 is 0 Å². The van der Waals surface area contributed by atoms with Gasteiger partial charge in [0.15, 0.2) is 0 Å². The molecule has 1 amide bonds. The Morgan fingerprint density at radius 2 is 2.16 bits per heavy atom. The van der Waals surface area contributed by atoms with Crippen molar-refractivity contribution in [2.45, 2.75) is 25.2 Å². The Hall–Kier alpha value is -1.88. The van der Waals surface area contributed by atoms with Crippen molar-refractivity contribution in [3.63, 3.8) is 0 Å². The number of aliphatic hydroxyl groups is 1. The van der Waals surface area contributed by atoms with Crippen LogP contribution in [-0.4, -0.2) is 35.7 Å². The largest absolute Gasteiger partial charge is 0.481 e. The average Bonchev–Trinajstić information content (AvgIpc) is 2.64. The van der Waals surface area contributed by atoms with Gasteiger partial charge in [0.05, 0.1) is 11.8 Å². The van der Waals surface area contributed by atoms with Gasteiger partial charge in [-0.25, -0.2) is 0 Å². The SMILES string of the molecule is CN1C(=O)Cc2cc(C(C)(CCO)C(=O)O)ccc21. The number of aliphatic carboxylic acids is 1. The molecule has 0 aliphatic carbocycles. The summed E-state index contributed by atoms with van der Waals surface area (Å²) in [6.45, 7) is 1.40. The minimum atomic E-state index is -1.13. The standard InChI is InChI=1S/C14H17NO4/c1-14(5-6-16,13(18)19)10-3-4-11-9(7-10)8-12(17)15(11)2/h3-4,7,16H,5-6,8H2,1-2H3,(H,18,19). The molecule has 1 heterocycles. The second kappa shape index (κ2) is 4.66. The molecule has 0 bridgehead atoms. The molecular weight excluding hydrogens is 246 g/mol. The zero-order valence-electron chi connectivity index (χ0n) is 11.0. The van der Waals surface area contributed by atoms with E-state index < -0.39 is 11.4 Å². The first-order chi connectivity index (χ1) is 8.90. The van der Waals surface area contributed by atoms with Crippen LogP contribution in [0.25, 0.3) is 0 Å². The van der Waals surface area contributed by atoms with Gasteiger partial charge in [0.2, 0.25) is 5.91 Å². The average molecular weight is 263 g/mol. The Kier molecular flexibility index (Phi) is 3.32. The van der Waals surface area contributed by atoms with E-state index in [1.54, 1.807) is 37.1 Å². The predicted octanol–water partition coefficient (Wildman–Crippen LogP) is 0.930. The van der Waals surface area contributed by atoms with Crippen LogP contribution in [0, 0.1) is 0 Å². The molecule has 0 saturated carbocycles. The summed E-state index contributed by atoms with van der Waals surface area (Å²) in [5.41, 5.74) is 1.16. The summed E-state index contributed by atoms with van der Waals surface area (Å²) in [6, 6.07) is 5.26.